The number of aromatic nitrogens is 6. The Balaban J connectivity index is 0.872. The van der Waals surface area contributed by atoms with Crippen molar-refractivity contribution in [2.75, 3.05) is 0 Å². The van der Waals surface area contributed by atoms with Crippen molar-refractivity contribution in [3.63, 3.8) is 0 Å². The van der Waals surface area contributed by atoms with Crippen molar-refractivity contribution in [3.05, 3.63) is 326 Å². The minimum absolute atomic E-state index is 0.288. The molecule has 17 aromatic rings. The van der Waals surface area contributed by atoms with Crippen molar-refractivity contribution in [2.24, 2.45) is 5.92 Å². The largest absolute Gasteiger partial charge is 0.309 e. The van der Waals surface area contributed by atoms with Crippen LogP contribution in [0.2, 0.25) is 0 Å². The van der Waals surface area contributed by atoms with Gasteiger partial charge in [-0.2, -0.15) is 0 Å². The van der Waals surface area contributed by atoms with Gasteiger partial charge in [-0.1, -0.05) is 218 Å². The summed E-state index contributed by atoms with van der Waals surface area (Å²) in [5.74, 6) is 0.961. The highest BCUT2D eigenvalue weighted by Gasteiger charge is 2.37. The van der Waals surface area contributed by atoms with Crippen molar-refractivity contribution in [2.45, 2.75) is 6.42 Å². The molecule has 5 heterocycles. The number of hydrogen-bond acceptors (Lipinski definition) is 2. The van der Waals surface area contributed by atoms with Crippen molar-refractivity contribution >= 4 is 98.4 Å². The highest BCUT2D eigenvalue weighted by atomic mass is 15.0. The maximum atomic E-state index is 5.80. The van der Waals surface area contributed by atoms with Crippen LogP contribution in [0.25, 0.3) is 166 Å². The topological polar surface area (TPSA) is 45.5 Å². The van der Waals surface area contributed by atoms with E-state index in [1.165, 1.54) is 104 Å². The van der Waals surface area contributed by atoms with Gasteiger partial charge in [0, 0.05) is 94.0 Å². The van der Waals surface area contributed by atoms with Crippen LogP contribution < -0.4 is 0 Å². The van der Waals surface area contributed by atoms with Crippen molar-refractivity contribution in [1.29, 1.82) is 0 Å². The highest BCUT2D eigenvalue weighted by Crippen LogP contribution is 2.53. The molecule has 0 saturated carbocycles. The lowest BCUT2D eigenvalue weighted by molar-refractivity contribution is 0.793. The summed E-state index contributed by atoms with van der Waals surface area (Å²) in [5.41, 5.74) is 27.0. The zero-order valence-corrected chi connectivity index (χ0v) is 49.9. The summed E-state index contributed by atoms with van der Waals surface area (Å²) in [6.45, 7) is 0. The SMILES string of the molecule is C1=CC2CC=CC3=C2C(=C1)c1c3nc(-c2cc(-n3c4ccccc4c4c(-c5cccc6c5c5ccccc5n6-c5ccccc5)cccc43)cc(-n3c4ccccc4c4c(-c5cccc6c5c5ccccc5n6-c5ccccc5)cccc43)c2)nc1-c1ccccc1. The van der Waals surface area contributed by atoms with Gasteiger partial charge in [-0.3, -0.25) is 0 Å². The van der Waals surface area contributed by atoms with Gasteiger partial charge in [0.25, 0.3) is 0 Å². The molecule has 3 aliphatic rings. The predicted octanol–water partition coefficient (Wildman–Crippen LogP) is 21.8. The van der Waals surface area contributed by atoms with Crippen LogP contribution in [0.5, 0.6) is 0 Å². The van der Waals surface area contributed by atoms with Crippen LogP contribution in [0.15, 0.2) is 315 Å². The summed E-state index contributed by atoms with van der Waals surface area (Å²) in [6, 6.07) is 102. The van der Waals surface area contributed by atoms with Crippen molar-refractivity contribution < 1.29 is 0 Å². The third kappa shape index (κ3) is 7.26. The van der Waals surface area contributed by atoms with Gasteiger partial charge in [0.2, 0.25) is 0 Å². The van der Waals surface area contributed by atoms with Gasteiger partial charge >= 0.3 is 0 Å². The van der Waals surface area contributed by atoms with Crippen LogP contribution in [0.4, 0.5) is 0 Å². The summed E-state index contributed by atoms with van der Waals surface area (Å²) in [5, 5.41) is 9.64. The lowest BCUT2D eigenvalue weighted by Crippen LogP contribution is -2.06. The average Bonchev–Trinajstić information content (AvgIpc) is 1.58. The lowest BCUT2D eigenvalue weighted by Gasteiger charge is -2.22. The lowest BCUT2D eigenvalue weighted by atomic mass is 9.82. The van der Waals surface area contributed by atoms with Crippen LogP contribution in [0, 0.1) is 5.92 Å². The molecule has 0 amide bonds. The maximum Gasteiger partial charge on any atom is 0.160 e. The first-order valence-corrected chi connectivity index (χ1v) is 31.8. The predicted molar refractivity (Wildman–Crippen MR) is 382 cm³/mol. The number of rotatable bonds is 8. The molecule has 6 nitrogen and oxygen atoms in total. The van der Waals surface area contributed by atoms with E-state index in [-0.39, 0.29) is 5.92 Å². The van der Waals surface area contributed by atoms with E-state index >= 15 is 0 Å². The number of hydrogen-bond donors (Lipinski definition) is 0. The first-order valence-electron chi connectivity index (χ1n) is 31.8. The van der Waals surface area contributed by atoms with Crippen molar-refractivity contribution in [3.8, 4) is 67.6 Å². The van der Waals surface area contributed by atoms with Gasteiger partial charge in [-0.05, 0) is 131 Å². The standard InChI is InChI=1S/C86H54N6/c1-4-24-54(25-5-1)84-83-68-40-18-26-53-27-19-41-69(78(53)68)85(83)88-86(87-84)55-50-58(91-72-44-16-12-34-66(72)81-62(38-22-48-76(81)91)60-36-20-46-74-79(60)64-32-10-14-42-70(64)89(74)56-28-6-2-7-29-56)52-59(51-55)92-73-45-17-13-35-67(73)82-63(39-23-49-77(82)92)61-37-21-47-75-80(61)65-33-11-15-43-71(65)90(75)57-30-8-3-9-31-57/h1-26,28-53H,27H2. The van der Waals surface area contributed by atoms with E-state index in [0.717, 1.165) is 79.3 Å². The van der Waals surface area contributed by atoms with Gasteiger partial charge in [0.05, 0.1) is 55.5 Å². The van der Waals surface area contributed by atoms with Gasteiger partial charge in [0.15, 0.2) is 5.82 Å². The molecule has 1 atom stereocenters. The average molecular weight is 1170 g/mol. The number of para-hydroxylation sites is 6. The molecule has 6 heteroatoms. The molecule has 92 heavy (non-hydrogen) atoms. The molecule has 0 fully saturated rings. The highest BCUT2D eigenvalue weighted by molar-refractivity contribution is 6.24. The molecule has 428 valence electrons. The van der Waals surface area contributed by atoms with E-state index < -0.39 is 0 Å². The maximum absolute atomic E-state index is 5.80. The van der Waals surface area contributed by atoms with Crippen LogP contribution in [-0.2, 0) is 0 Å². The zero-order chi connectivity index (χ0) is 60.1. The Labute approximate surface area is 529 Å². The first kappa shape index (κ1) is 50.8. The smallest absolute Gasteiger partial charge is 0.160 e. The second-order valence-corrected chi connectivity index (χ2v) is 24.6. The summed E-state index contributed by atoms with van der Waals surface area (Å²) in [7, 11) is 0. The fraction of sp³-hybridized carbons (Fsp3) is 0.0233. The molecule has 20 rings (SSSR count). The summed E-state index contributed by atoms with van der Waals surface area (Å²) >= 11 is 0. The van der Waals surface area contributed by atoms with E-state index in [1.807, 2.05) is 0 Å². The second-order valence-electron chi connectivity index (χ2n) is 24.6. The minimum atomic E-state index is 0.288. The second kappa shape index (κ2) is 19.7. The quantitative estimate of drug-likeness (QED) is 0.152. The number of benzene rings is 12. The van der Waals surface area contributed by atoms with E-state index in [1.54, 1.807) is 0 Å². The van der Waals surface area contributed by atoms with E-state index in [4.69, 9.17) is 9.97 Å². The Kier molecular flexibility index (Phi) is 10.9. The molecule has 0 N–H and O–H groups in total. The molecule has 5 aromatic heterocycles. The molecule has 12 aromatic carbocycles. The molecule has 0 radical (unpaired) electrons. The molecule has 0 spiro atoms. The fourth-order valence-corrected chi connectivity index (χ4v) is 16.1. The Morgan fingerprint density at radius 1 is 0.326 bits per heavy atom. The van der Waals surface area contributed by atoms with E-state index in [2.05, 4.69) is 328 Å². The molecule has 0 aliphatic heterocycles. The van der Waals surface area contributed by atoms with Gasteiger partial charge < -0.3 is 18.3 Å². The van der Waals surface area contributed by atoms with E-state index in [9.17, 15) is 0 Å². The Hall–Kier alpha value is -12.1. The van der Waals surface area contributed by atoms with Gasteiger partial charge in [-0.15, -0.1) is 0 Å². The van der Waals surface area contributed by atoms with Crippen LogP contribution in [0.3, 0.4) is 0 Å². The molecular formula is C86H54N6. The van der Waals surface area contributed by atoms with Gasteiger partial charge in [-0.25, -0.2) is 9.97 Å². The van der Waals surface area contributed by atoms with Crippen LogP contribution in [-0.4, -0.2) is 28.2 Å². The first-order chi connectivity index (χ1) is 45.7. The summed E-state index contributed by atoms with van der Waals surface area (Å²) in [4.78, 5) is 11.6. The Morgan fingerprint density at radius 3 is 1.15 bits per heavy atom. The molecular weight excluding hydrogens is 1120 g/mol. The third-order valence-corrected chi connectivity index (χ3v) is 19.8. The number of fused-ring (bicyclic) bond motifs is 15. The number of nitrogens with zero attached hydrogens (tertiary/aromatic N) is 6. The third-order valence-electron chi connectivity index (χ3n) is 19.8. The minimum Gasteiger partial charge on any atom is -0.309 e. The fourth-order valence-electron chi connectivity index (χ4n) is 16.1. The number of allylic oxidation sites excluding steroid dienone is 8. The van der Waals surface area contributed by atoms with Crippen molar-refractivity contribution in [1.82, 2.24) is 28.2 Å². The van der Waals surface area contributed by atoms with Gasteiger partial charge in [0.1, 0.15) is 0 Å². The Morgan fingerprint density at radius 2 is 0.707 bits per heavy atom. The molecule has 0 bridgehead atoms. The van der Waals surface area contributed by atoms with Crippen LogP contribution in [0.1, 0.15) is 17.7 Å². The van der Waals surface area contributed by atoms with E-state index in [0.29, 0.717) is 5.82 Å². The summed E-state index contributed by atoms with van der Waals surface area (Å²) < 4.78 is 9.82. The monoisotopic (exact) mass is 1170 g/mol. The molecule has 3 aliphatic carbocycles. The summed E-state index contributed by atoms with van der Waals surface area (Å²) in [6.07, 6.45) is 12.5. The normalized spacial score (nSPS) is 14.3. The molecule has 1 unspecified atom stereocenters. The Bertz CT molecular complexity index is 5850. The van der Waals surface area contributed by atoms with Crippen LogP contribution >= 0.6 is 0 Å². The molecule has 0 saturated heterocycles. The zero-order valence-electron chi connectivity index (χ0n) is 49.9.